The summed E-state index contributed by atoms with van der Waals surface area (Å²) in [5.74, 6) is -2.03. The quantitative estimate of drug-likeness (QED) is 0.366. The van der Waals surface area contributed by atoms with Crippen LogP contribution in [-0.4, -0.2) is 21.0 Å². The number of rotatable bonds is 7. The smallest absolute Gasteiger partial charge is 0.410 e. The maximum atomic E-state index is 13.6. The van der Waals surface area contributed by atoms with Gasteiger partial charge in [0.15, 0.2) is 0 Å². The first-order valence-corrected chi connectivity index (χ1v) is 10.6. The maximum Gasteiger partial charge on any atom is 0.451 e. The predicted molar refractivity (Wildman–Crippen MR) is 124 cm³/mol. The van der Waals surface area contributed by atoms with Crippen molar-refractivity contribution in [2.24, 2.45) is 0 Å². The molecule has 0 bridgehead atoms. The number of benzene rings is 3. The molecule has 0 saturated heterocycles. The predicted octanol–water partition coefficient (Wildman–Crippen LogP) is 5.71. The molecule has 1 amide bonds. The minimum absolute atomic E-state index is 0.213. The number of carbonyl (C=O) groups excluding carboxylic acids is 1. The SMILES string of the molecule is O=C(Nc1nc(N(Cc2ccccc2)Cc2ccccc2)nc(C(F)(F)F)n1)Oc1ccccc1. The standard InChI is InChI=1S/C25H20F3N5O2/c26-25(27,28)21-29-22(32-24(34)35-20-14-8-3-9-15-20)31-23(30-21)33(16-18-10-4-1-5-11-18)17-19-12-6-2-7-13-19/h1-15H,16-17H2,(H,29,30,31,32,34). The molecular formula is C25H20F3N5O2. The van der Waals surface area contributed by atoms with E-state index < -0.39 is 24.0 Å². The van der Waals surface area contributed by atoms with Gasteiger partial charge < -0.3 is 9.64 Å². The van der Waals surface area contributed by atoms with Gasteiger partial charge in [0.2, 0.25) is 17.7 Å². The number of aromatic nitrogens is 3. The van der Waals surface area contributed by atoms with E-state index in [9.17, 15) is 18.0 Å². The molecule has 1 aromatic heterocycles. The molecule has 0 atom stereocenters. The average molecular weight is 479 g/mol. The third-order valence-electron chi connectivity index (χ3n) is 4.76. The lowest BCUT2D eigenvalue weighted by Crippen LogP contribution is -2.28. The number of nitrogens with zero attached hydrogens (tertiary/aromatic N) is 4. The van der Waals surface area contributed by atoms with Crippen molar-refractivity contribution in [2.45, 2.75) is 19.3 Å². The number of halogens is 3. The fourth-order valence-corrected chi connectivity index (χ4v) is 3.21. The van der Waals surface area contributed by atoms with Crippen molar-refractivity contribution in [1.82, 2.24) is 15.0 Å². The lowest BCUT2D eigenvalue weighted by Gasteiger charge is -2.24. The second-order valence-corrected chi connectivity index (χ2v) is 7.44. The fraction of sp³-hybridized carbons (Fsp3) is 0.120. The molecule has 0 spiro atoms. The van der Waals surface area contributed by atoms with E-state index in [1.807, 2.05) is 60.7 Å². The van der Waals surface area contributed by atoms with Crippen LogP contribution in [0.4, 0.5) is 29.9 Å². The summed E-state index contributed by atoms with van der Waals surface area (Å²) < 4.78 is 46.0. The van der Waals surface area contributed by atoms with Crippen LogP contribution >= 0.6 is 0 Å². The van der Waals surface area contributed by atoms with Crippen LogP contribution in [0.15, 0.2) is 91.0 Å². The fourth-order valence-electron chi connectivity index (χ4n) is 3.21. The van der Waals surface area contributed by atoms with Gasteiger partial charge >= 0.3 is 12.3 Å². The van der Waals surface area contributed by atoms with E-state index in [4.69, 9.17) is 4.74 Å². The largest absolute Gasteiger partial charge is 0.451 e. The monoisotopic (exact) mass is 479 g/mol. The molecule has 0 unspecified atom stereocenters. The highest BCUT2D eigenvalue weighted by Crippen LogP contribution is 2.29. The Bertz CT molecular complexity index is 1220. The van der Waals surface area contributed by atoms with Crippen molar-refractivity contribution in [1.29, 1.82) is 0 Å². The van der Waals surface area contributed by atoms with Crippen molar-refractivity contribution in [3.05, 3.63) is 108 Å². The average Bonchev–Trinajstić information content (AvgIpc) is 2.85. The molecule has 0 aliphatic carbocycles. The Hall–Kier alpha value is -4.47. The van der Waals surface area contributed by atoms with Crippen LogP contribution in [0.2, 0.25) is 0 Å². The van der Waals surface area contributed by atoms with Gasteiger partial charge in [0.05, 0.1) is 0 Å². The van der Waals surface area contributed by atoms with E-state index in [0.29, 0.717) is 0 Å². The molecule has 0 aliphatic rings. The van der Waals surface area contributed by atoms with E-state index >= 15 is 0 Å². The number of alkyl halides is 3. The van der Waals surface area contributed by atoms with Crippen molar-refractivity contribution < 1.29 is 22.7 Å². The molecule has 0 aliphatic heterocycles. The lowest BCUT2D eigenvalue weighted by molar-refractivity contribution is -0.144. The van der Waals surface area contributed by atoms with Crippen LogP contribution in [0.25, 0.3) is 0 Å². The van der Waals surface area contributed by atoms with Gasteiger partial charge in [-0.2, -0.15) is 28.1 Å². The second-order valence-electron chi connectivity index (χ2n) is 7.44. The van der Waals surface area contributed by atoms with E-state index in [1.165, 1.54) is 12.1 Å². The molecule has 4 rings (SSSR count). The Morgan fingerprint density at radius 3 is 1.80 bits per heavy atom. The molecule has 7 nitrogen and oxygen atoms in total. The van der Waals surface area contributed by atoms with Gasteiger partial charge in [-0.3, -0.25) is 5.32 Å². The summed E-state index contributed by atoms with van der Waals surface area (Å²) in [7, 11) is 0. The highest BCUT2D eigenvalue weighted by atomic mass is 19.4. The number of nitrogens with one attached hydrogen (secondary N) is 1. The zero-order valence-electron chi connectivity index (χ0n) is 18.3. The highest BCUT2D eigenvalue weighted by Gasteiger charge is 2.36. The number of ether oxygens (including phenoxy) is 1. The Morgan fingerprint density at radius 1 is 0.771 bits per heavy atom. The van der Waals surface area contributed by atoms with Gasteiger partial charge in [-0.1, -0.05) is 78.9 Å². The van der Waals surface area contributed by atoms with Gasteiger partial charge in [0.1, 0.15) is 5.75 Å². The maximum absolute atomic E-state index is 13.6. The first-order valence-electron chi connectivity index (χ1n) is 10.6. The van der Waals surface area contributed by atoms with Gasteiger partial charge in [0, 0.05) is 13.1 Å². The van der Waals surface area contributed by atoms with Crippen molar-refractivity contribution in [3.8, 4) is 5.75 Å². The van der Waals surface area contributed by atoms with E-state index in [1.54, 1.807) is 23.1 Å². The Kier molecular flexibility index (Phi) is 7.20. The number of amides is 1. The number of anilines is 2. The molecule has 0 radical (unpaired) electrons. The van der Waals surface area contributed by atoms with E-state index in [2.05, 4.69) is 20.3 Å². The highest BCUT2D eigenvalue weighted by molar-refractivity contribution is 5.84. The van der Waals surface area contributed by atoms with Crippen LogP contribution in [0.3, 0.4) is 0 Å². The molecule has 3 aromatic carbocycles. The third kappa shape index (κ3) is 6.76. The molecule has 4 aromatic rings. The molecular weight excluding hydrogens is 459 g/mol. The van der Waals surface area contributed by atoms with Gasteiger partial charge in [-0.15, -0.1) is 0 Å². The van der Waals surface area contributed by atoms with Crippen molar-refractivity contribution in [2.75, 3.05) is 10.2 Å². The molecule has 10 heteroatoms. The van der Waals surface area contributed by atoms with Crippen molar-refractivity contribution in [3.63, 3.8) is 0 Å². The second kappa shape index (κ2) is 10.6. The topological polar surface area (TPSA) is 80.2 Å². The minimum atomic E-state index is -4.86. The van der Waals surface area contributed by atoms with Crippen molar-refractivity contribution >= 4 is 18.0 Å². The molecule has 178 valence electrons. The molecule has 35 heavy (non-hydrogen) atoms. The summed E-state index contributed by atoms with van der Waals surface area (Å²) in [5.41, 5.74) is 1.69. The van der Waals surface area contributed by atoms with Crippen LogP contribution in [0.5, 0.6) is 5.75 Å². The summed E-state index contributed by atoms with van der Waals surface area (Å²) in [6.45, 7) is 0.454. The van der Waals surface area contributed by atoms with E-state index in [0.717, 1.165) is 11.1 Å². The normalized spacial score (nSPS) is 11.1. The van der Waals surface area contributed by atoms with Crippen LogP contribution in [0, 0.1) is 0 Å². The van der Waals surface area contributed by atoms with Crippen LogP contribution < -0.4 is 15.0 Å². The molecule has 0 saturated carbocycles. The Balaban J connectivity index is 1.67. The Labute approximate surface area is 199 Å². The summed E-state index contributed by atoms with van der Waals surface area (Å²) in [6, 6.07) is 26.5. The zero-order chi connectivity index (χ0) is 24.7. The summed E-state index contributed by atoms with van der Waals surface area (Å²) in [5, 5.41) is 2.18. The number of para-hydroxylation sites is 1. The first-order chi connectivity index (χ1) is 16.9. The van der Waals surface area contributed by atoms with Crippen LogP contribution in [0.1, 0.15) is 17.0 Å². The number of hydrogen-bond acceptors (Lipinski definition) is 6. The zero-order valence-corrected chi connectivity index (χ0v) is 18.3. The molecule has 1 heterocycles. The molecule has 0 fully saturated rings. The third-order valence-corrected chi connectivity index (χ3v) is 4.76. The summed E-state index contributed by atoms with van der Waals surface area (Å²) in [4.78, 5) is 25.0. The summed E-state index contributed by atoms with van der Waals surface area (Å²) in [6.07, 6.45) is -5.89. The number of carbonyl (C=O) groups is 1. The summed E-state index contributed by atoms with van der Waals surface area (Å²) >= 11 is 0. The molecule has 1 N–H and O–H groups in total. The Morgan fingerprint density at radius 2 is 1.29 bits per heavy atom. The van der Waals surface area contributed by atoms with Gasteiger partial charge in [-0.05, 0) is 23.3 Å². The van der Waals surface area contributed by atoms with Gasteiger partial charge in [-0.25, -0.2) is 4.79 Å². The lowest BCUT2D eigenvalue weighted by atomic mass is 10.2. The minimum Gasteiger partial charge on any atom is -0.410 e. The number of hydrogen-bond donors (Lipinski definition) is 1. The van der Waals surface area contributed by atoms with E-state index in [-0.39, 0.29) is 24.8 Å². The van der Waals surface area contributed by atoms with Crippen LogP contribution in [-0.2, 0) is 19.3 Å². The first kappa shape index (κ1) is 23.7. The van der Waals surface area contributed by atoms with Gasteiger partial charge in [0.25, 0.3) is 0 Å².